The summed E-state index contributed by atoms with van der Waals surface area (Å²) in [7, 11) is 0. The van der Waals surface area contributed by atoms with Crippen LogP contribution < -0.4 is 0 Å². The molecule has 60 valence electrons. The van der Waals surface area contributed by atoms with Gasteiger partial charge in [-0.05, 0) is 6.42 Å². The molecule has 0 aliphatic carbocycles. The van der Waals surface area contributed by atoms with Gasteiger partial charge in [0.15, 0.2) is 0 Å². The maximum Gasteiger partial charge on any atom is 0.116 e. The van der Waals surface area contributed by atoms with Gasteiger partial charge < -0.3 is 9.67 Å². The zero-order chi connectivity index (χ0) is 7.90. The first kappa shape index (κ1) is 6.85. The lowest BCUT2D eigenvalue weighted by atomic mass is 9.90. The first-order valence-corrected chi connectivity index (χ1v) is 3.89. The molecule has 3 nitrogen and oxygen atoms in total. The number of aliphatic hydroxyl groups is 1. The smallest absolute Gasteiger partial charge is 0.116 e. The molecule has 0 aromatic carbocycles. The van der Waals surface area contributed by atoms with Crippen LogP contribution in [-0.2, 0) is 12.0 Å². The van der Waals surface area contributed by atoms with Crippen LogP contribution in [-0.4, -0.2) is 21.3 Å². The summed E-state index contributed by atoms with van der Waals surface area (Å²) in [6, 6.07) is 0. The van der Waals surface area contributed by atoms with Crippen LogP contribution in [0.5, 0.6) is 0 Å². The molecule has 0 spiro atoms. The van der Waals surface area contributed by atoms with Crippen LogP contribution in [0, 0.1) is 0 Å². The Morgan fingerprint density at radius 1 is 1.82 bits per heavy atom. The summed E-state index contributed by atoms with van der Waals surface area (Å²) in [6.07, 6.45) is 4.77. The third-order valence-electron chi connectivity index (χ3n) is 2.51. The minimum Gasteiger partial charge on any atom is -0.395 e. The zero-order valence-corrected chi connectivity index (χ0v) is 6.62. The molecule has 0 saturated heterocycles. The van der Waals surface area contributed by atoms with Crippen molar-refractivity contribution in [1.29, 1.82) is 0 Å². The van der Waals surface area contributed by atoms with E-state index in [4.69, 9.17) is 5.11 Å². The van der Waals surface area contributed by atoms with E-state index < -0.39 is 0 Å². The third-order valence-corrected chi connectivity index (χ3v) is 2.51. The molecule has 1 N–H and O–H groups in total. The third kappa shape index (κ3) is 0.807. The van der Waals surface area contributed by atoms with E-state index in [1.165, 1.54) is 0 Å². The van der Waals surface area contributed by atoms with Crippen LogP contribution in [0.1, 0.15) is 19.2 Å². The number of aliphatic hydroxyl groups excluding tert-OH is 1. The summed E-state index contributed by atoms with van der Waals surface area (Å²) in [5, 5.41) is 9.14. The van der Waals surface area contributed by atoms with Gasteiger partial charge in [0.25, 0.3) is 0 Å². The van der Waals surface area contributed by atoms with Crippen LogP contribution in [0.4, 0.5) is 0 Å². The summed E-state index contributed by atoms with van der Waals surface area (Å²) in [4.78, 5) is 4.22. The van der Waals surface area contributed by atoms with Crippen molar-refractivity contribution in [1.82, 2.24) is 9.55 Å². The van der Waals surface area contributed by atoms with Crippen molar-refractivity contribution in [3.05, 3.63) is 18.2 Å². The monoisotopic (exact) mass is 152 g/mol. The van der Waals surface area contributed by atoms with Crippen LogP contribution >= 0.6 is 0 Å². The Bertz CT molecular complexity index is 269. The molecule has 1 atom stereocenters. The lowest BCUT2D eigenvalue weighted by Gasteiger charge is -2.17. The summed E-state index contributed by atoms with van der Waals surface area (Å²) in [5.41, 5.74) is -0.0938. The number of rotatable bonds is 1. The second kappa shape index (κ2) is 2.08. The number of fused-ring (bicyclic) bond motifs is 1. The van der Waals surface area contributed by atoms with Crippen molar-refractivity contribution in [2.75, 3.05) is 6.61 Å². The molecule has 1 unspecified atom stereocenters. The van der Waals surface area contributed by atoms with Gasteiger partial charge in [-0.2, -0.15) is 0 Å². The van der Waals surface area contributed by atoms with E-state index in [0.29, 0.717) is 0 Å². The fraction of sp³-hybridized carbons (Fsp3) is 0.625. The fourth-order valence-electron chi connectivity index (χ4n) is 1.64. The molecule has 2 heterocycles. The molecule has 0 bridgehead atoms. The number of nitrogens with zero attached hydrogens (tertiary/aromatic N) is 2. The minimum atomic E-state index is -0.0938. The van der Waals surface area contributed by atoms with Gasteiger partial charge in [0, 0.05) is 18.9 Å². The second-order valence-corrected chi connectivity index (χ2v) is 3.41. The van der Waals surface area contributed by atoms with E-state index >= 15 is 0 Å². The average Bonchev–Trinajstić information content (AvgIpc) is 2.55. The van der Waals surface area contributed by atoms with E-state index in [9.17, 15) is 0 Å². The fourth-order valence-corrected chi connectivity index (χ4v) is 1.64. The predicted octanol–water partition coefficient (Wildman–Crippen LogP) is 0.537. The first-order chi connectivity index (χ1) is 5.26. The Labute approximate surface area is 65.7 Å². The van der Waals surface area contributed by atoms with Crippen molar-refractivity contribution in [2.45, 2.75) is 25.3 Å². The van der Waals surface area contributed by atoms with Crippen LogP contribution in [0.25, 0.3) is 0 Å². The van der Waals surface area contributed by atoms with Gasteiger partial charge in [-0.25, -0.2) is 4.98 Å². The van der Waals surface area contributed by atoms with Gasteiger partial charge in [-0.1, -0.05) is 6.92 Å². The molecule has 1 aliphatic heterocycles. The number of hydrogen-bond donors (Lipinski definition) is 1. The topological polar surface area (TPSA) is 38.0 Å². The molecule has 1 aromatic rings. The standard InChI is InChI=1S/C8H12N2O/c1-8(6-11)2-4-10-5-3-9-7(8)10/h3,5,11H,2,4,6H2,1H3. The molecule has 2 rings (SSSR count). The SMILES string of the molecule is CC1(CO)CCn2ccnc21. The van der Waals surface area contributed by atoms with Gasteiger partial charge >= 0.3 is 0 Å². The molecule has 11 heavy (non-hydrogen) atoms. The largest absolute Gasteiger partial charge is 0.395 e. The lowest BCUT2D eigenvalue weighted by Crippen LogP contribution is -2.24. The molecular weight excluding hydrogens is 140 g/mol. The molecule has 0 saturated carbocycles. The highest BCUT2D eigenvalue weighted by molar-refractivity contribution is 5.13. The molecule has 0 amide bonds. The Kier molecular flexibility index (Phi) is 1.29. The van der Waals surface area contributed by atoms with Crippen LogP contribution in [0.15, 0.2) is 12.4 Å². The molecule has 1 aliphatic rings. The summed E-state index contributed by atoms with van der Waals surface area (Å²) >= 11 is 0. The van der Waals surface area contributed by atoms with Gasteiger partial charge in [-0.3, -0.25) is 0 Å². The highest BCUT2D eigenvalue weighted by Crippen LogP contribution is 2.32. The second-order valence-electron chi connectivity index (χ2n) is 3.41. The quantitative estimate of drug-likeness (QED) is 0.637. The van der Waals surface area contributed by atoms with E-state index in [1.54, 1.807) is 6.20 Å². The van der Waals surface area contributed by atoms with Crippen LogP contribution in [0.2, 0.25) is 0 Å². The molecule has 1 aromatic heterocycles. The van der Waals surface area contributed by atoms with Crippen molar-refractivity contribution in [2.24, 2.45) is 0 Å². The number of aromatic nitrogens is 2. The summed E-state index contributed by atoms with van der Waals surface area (Å²) < 4.78 is 2.11. The van der Waals surface area contributed by atoms with E-state index in [-0.39, 0.29) is 12.0 Å². The van der Waals surface area contributed by atoms with Gasteiger partial charge in [0.1, 0.15) is 5.82 Å². The van der Waals surface area contributed by atoms with Crippen molar-refractivity contribution in [3.63, 3.8) is 0 Å². The predicted molar refractivity (Wildman–Crippen MR) is 41.3 cm³/mol. The first-order valence-electron chi connectivity index (χ1n) is 3.89. The molecular formula is C8H12N2O. The van der Waals surface area contributed by atoms with Crippen molar-refractivity contribution in [3.8, 4) is 0 Å². The van der Waals surface area contributed by atoms with Gasteiger partial charge in [0.2, 0.25) is 0 Å². The van der Waals surface area contributed by atoms with Crippen molar-refractivity contribution >= 4 is 0 Å². The molecule has 0 radical (unpaired) electrons. The maximum absolute atomic E-state index is 9.14. The highest BCUT2D eigenvalue weighted by Gasteiger charge is 2.35. The Morgan fingerprint density at radius 3 is 3.36 bits per heavy atom. The normalized spacial score (nSPS) is 28.9. The van der Waals surface area contributed by atoms with Gasteiger partial charge in [-0.15, -0.1) is 0 Å². The number of imidazole rings is 1. The zero-order valence-electron chi connectivity index (χ0n) is 6.62. The van der Waals surface area contributed by atoms with Crippen molar-refractivity contribution < 1.29 is 5.11 Å². The Morgan fingerprint density at radius 2 is 2.64 bits per heavy atom. The van der Waals surface area contributed by atoms with Crippen LogP contribution in [0.3, 0.4) is 0 Å². The van der Waals surface area contributed by atoms with E-state index in [0.717, 1.165) is 18.8 Å². The van der Waals surface area contributed by atoms with Gasteiger partial charge in [0.05, 0.1) is 12.0 Å². The number of aryl methyl sites for hydroxylation is 1. The summed E-state index contributed by atoms with van der Waals surface area (Å²) in [5.74, 6) is 1.03. The van der Waals surface area contributed by atoms with E-state index in [2.05, 4.69) is 16.5 Å². The molecule has 3 heteroatoms. The lowest BCUT2D eigenvalue weighted by molar-refractivity contribution is 0.203. The Balaban J connectivity index is 2.45. The minimum absolute atomic E-state index is 0.0938. The van der Waals surface area contributed by atoms with E-state index in [1.807, 2.05) is 6.20 Å². The summed E-state index contributed by atoms with van der Waals surface area (Å²) in [6.45, 7) is 3.25. The highest BCUT2D eigenvalue weighted by atomic mass is 16.3. The Hall–Kier alpha value is -0.830. The molecule has 0 fully saturated rings. The maximum atomic E-state index is 9.14. The average molecular weight is 152 g/mol. The number of hydrogen-bond acceptors (Lipinski definition) is 2.